The Morgan fingerprint density at radius 2 is 2.23 bits per heavy atom. The van der Waals surface area contributed by atoms with Gasteiger partial charge in [-0.3, -0.25) is 4.99 Å². The average molecular weight is 183 g/mol. The molecule has 0 radical (unpaired) electrons. The van der Waals surface area contributed by atoms with E-state index in [1.54, 1.807) is 0 Å². The van der Waals surface area contributed by atoms with E-state index in [9.17, 15) is 0 Å². The molecule has 3 heteroatoms. The van der Waals surface area contributed by atoms with Crippen LogP contribution in [0.25, 0.3) is 0 Å². The lowest BCUT2D eigenvalue weighted by atomic mass is 9.84. The lowest BCUT2D eigenvalue weighted by molar-refractivity contribution is 0.177. The quantitative estimate of drug-likeness (QED) is 0.494. The lowest BCUT2D eigenvalue weighted by Crippen LogP contribution is -2.47. The highest BCUT2D eigenvalue weighted by molar-refractivity contribution is 5.78. The molecule has 1 rings (SSSR count). The smallest absolute Gasteiger partial charge is 0.191 e. The van der Waals surface area contributed by atoms with Crippen LogP contribution in [0.3, 0.4) is 0 Å². The number of piperidine rings is 1. The molecule has 0 spiro atoms. The summed E-state index contributed by atoms with van der Waals surface area (Å²) in [6.07, 6.45) is 2.52. The van der Waals surface area contributed by atoms with E-state index in [2.05, 4.69) is 23.7 Å². The minimum Gasteiger partial charge on any atom is -0.370 e. The zero-order chi connectivity index (χ0) is 9.90. The van der Waals surface area contributed by atoms with Gasteiger partial charge in [-0.15, -0.1) is 0 Å². The molecule has 0 unspecified atom stereocenters. The van der Waals surface area contributed by atoms with Crippen molar-refractivity contribution >= 4 is 5.96 Å². The zero-order valence-electron chi connectivity index (χ0n) is 9.01. The molecule has 2 N–H and O–H groups in total. The van der Waals surface area contributed by atoms with Crippen LogP contribution in [0.4, 0.5) is 0 Å². The van der Waals surface area contributed by atoms with Crippen LogP contribution in [-0.4, -0.2) is 30.5 Å². The second kappa shape index (κ2) is 3.99. The Morgan fingerprint density at radius 3 is 2.77 bits per heavy atom. The van der Waals surface area contributed by atoms with Crippen molar-refractivity contribution in [1.29, 1.82) is 0 Å². The van der Waals surface area contributed by atoms with Crippen LogP contribution < -0.4 is 5.73 Å². The van der Waals surface area contributed by atoms with Gasteiger partial charge in [0.1, 0.15) is 0 Å². The number of hydrogen-bond acceptors (Lipinski definition) is 1. The van der Waals surface area contributed by atoms with Gasteiger partial charge < -0.3 is 10.6 Å². The number of nitrogens with two attached hydrogens (primary N) is 1. The van der Waals surface area contributed by atoms with Crippen LogP contribution in [0.1, 0.15) is 33.6 Å². The fraction of sp³-hybridized carbons (Fsp3) is 0.900. The van der Waals surface area contributed by atoms with Crippen LogP contribution in [0.15, 0.2) is 4.99 Å². The summed E-state index contributed by atoms with van der Waals surface area (Å²) in [6, 6.07) is 0. The first-order chi connectivity index (χ1) is 6.05. The lowest BCUT2D eigenvalue weighted by Gasteiger charge is -2.38. The normalized spacial score (nSPS) is 23.3. The van der Waals surface area contributed by atoms with Gasteiger partial charge in [-0.05, 0) is 25.2 Å². The first kappa shape index (κ1) is 10.4. The number of nitrogens with zero attached hydrogens (tertiary/aromatic N) is 2. The molecule has 3 nitrogen and oxygen atoms in total. The molecule has 1 aliphatic rings. The zero-order valence-corrected chi connectivity index (χ0v) is 9.01. The summed E-state index contributed by atoms with van der Waals surface area (Å²) < 4.78 is 0. The highest BCUT2D eigenvalue weighted by Gasteiger charge is 2.26. The van der Waals surface area contributed by atoms with Crippen molar-refractivity contribution in [2.45, 2.75) is 33.6 Å². The van der Waals surface area contributed by atoms with E-state index in [4.69, 9.17) is 5.73 Å². The number of rotatable bonds is 1. The molecule has 0 saturated carbocycles. The van der Waals surface area contributed by atoms with Gasteiger partial charge in [0.05, 0.1) is 0 Å². The molecule has 0 amide bonds. The Morgan fingerprint density at radius 1 is 1.54 bits per heavy atom. The predicted octanol–water partition coefficient (Wildman–Crippen LogP) is 1.44. The van der Waals surface area contributed by atoms with E-state index in [1.165, 1.54) is 12.8 Å². The molecule has 0 aliphatic carbocycles. The van der Waals surface area contributed by atoms with Gasteiger partial charge in [0.25, 0.3) is 0 Å². The van der Waals surface area contributed by atoms with Crippen molar-refractivity contribution in [2.75, 3.05) is 19.6 Å². The molecule has 0 aromatic carbocycles. The van der Waals surface area contributed by atoms with Crippen molar-refractivity contribution in [1.82, 2.24) is 4.90 Å². The monoisotopic (exact) mass is 183 g/mol. The SMILES string of the molecule is CCN=C(N)N1CCCC(C)(C)C1. The summed E-state index contributed by atoms with van der Waals surface area (Å²) in [5.74, 6) is 0.718. The summed E-state index contributed by atoms with van der Waals surface area (Å²) in [4.78, 5) is 6.44. The van der Waals surface area contributed by atoms with Crippen LogP contribution in [0.2, 0.25) is 0 Å². The molecule has 1 fully saturated rings. The Hall–Kier alpha value is -0.730. The molecule has 0 bridgehead atoms. The van der Waals surface area contributed by atoms with Crippen molar-refractivity contribution in [3.8, 4) is 0 Å². The van der Waals surface area contributed by atoms with Gasteiger partial charge in [0.2, 0.25) is 0 Å². The fourth-order valence-corrected chi connectivity index (χ4v) is 1.88. The Labute approximate surface area is 81.0 Å². The van der Waals surface area contributed by atoms with Crippen LogP contribution >= 0.6 is 0 Å². The largest absolute Gasteiger partial charge is 0.370 e. The molecular formula is C10H21N3. The van der Waals surface area contributed by atoms with E-state index in [0.717, 1.165) is 25.6 Å². The second-order valence-electron chi connectivity index (χ2n) is 4.52. The Balaban J connectivity index is 2.56. The third-order valence-corrected chi connectivity index (χ3v) is 2.54. The van der Waals surface area contributed by atoms with E-state index in [0.29, 0.717) is 5.41 Å². The second-order valence-corrected chi connectivity index (χ2v) is 4.52. The van der Waals surface area contributed by atoms with E-state index < -0.39 is 0 Å². The molecule has 1 aliphatic heterocycles. The summed E-state index contributed by atoms with van der Waals surface area (Å²) in [6.45, 7) is 9.49. The van der Waals surface area contributed by atoms with Gasteiger partial charge in [-0.25, -0.2) is 0 Å². The van der Waals surface area contributed by atoms with Crippen molar-refractivity contribution in [3.63, 3.8) is 0 Å². The van der Waals surface area contributed by atoms with Gasteiger partial charge >= 0.3 is 0 Å². The Kier molecular flexibility index (Phi) is 3.17. The van der Waals surface area contributed by atoms with Crippen molar-refractivity contribution in [3.05, 3.63) is 0 Å². The maximum Gasteiger partial charge on any atom is 0.191 e. The molecule has 1 heterocycles. The minimum absolute atomic E-state index is 0.395. The third kappa shape index (κ3) is 2.90. The molecule has 1 saturated heterocycles. The standard InChI is InChI=1S/C10H21N3/c1-4-12-9(11)13-7-5-6-10(2,3)8-13/h4-8H2,1-3H3,(H2,11,12). The maximum atomic E-state index is 5.86. The molecule has 0 atom stereocenters. The van der Waals surface area contributed by atoms with Gasteiger partial charge in [0.15, 0.2) is 5.96 Å². The minimum atomic E-state index is 0.395. The highest BCUT2D eigenvalue weighted by atomic mass is 15.3. The van der Waals surface area contributed by atoms with Gasteiger partial charge in [-0.2, -0.15) is 0 Å². The third-order valence-electron chi connectivity index (χ3n) is 2.54. The molecule has 0 aromatic heterocycles. The van der Waals surface area contributed by atoms with Crippen LogP contribution in [0, 0.1) is 5.41 Å². The molecule has 0 aromatic rings. The van der Waals surface area contributed by atoms with Crippen LogP contribution in [0.5, 0.6) is 0 Å². The highest BCUT2D eigenvalue weighted by Crippen LogP contribution is 2.27. The first-order valence-electron chi connectivity index (χ1n) is 5.10. The number of likely N-dealkylation sites (tertiary alicyclic amines) is 1. The predicted molar refractivity (Wildman–Crippen MR) is 56.8 cm³/mol. The summed E-state index contributed by atoms with van der Waals surface area (Å²) >= 11 is 0. The van der Waals surface area contributed by atoms with Crippen molar-refractivity contribution < 1.29 is 0 Å². The summed E-state index contributed by atoms with van der Waals surface area (Å²) in [5.41, 5.74) is 6.25. The average Bonchev–Trinajstić information content (AvgIpc) is 2.03. The first-order valence-corrected chi connectivity index (χ1v) is 5.10. The maximum absolute atomic E-state index is 5.86. The topological polar surface area (TPSA) is 41.6 Å². The van der Waals surface area contributed by atoms with Gasteiger partial charge in [-0.1, -0.05) is 13.8 Å². The van der Waals surface area contributed by atoms with E-state index in [1.807, 2.05) is 6.92 Å². The number of hydrogen-bond donors (Lipinski definition) is 1. The van der Waals surface area contributed by atoms with Crippen LogP contribution in [-0.2, 0) is 0 Å². The van der Waals surface area contributed by atoms with Gasteiger partial charge in [0, 0.05) is 19.6 Å². The summed E-state index contributed by atoms with van der Waals surface area (Å²) in [7, 11) is 0. The molecule has 13 heavy (non-hydrogen) atoms. The number of aliphatic imine (C=N–C) groups is 1. The van der Waals surface area contributed by atoms with E-state index in [-0.39, 0.29) is 0 Å². The van der Waals surface area contributed by atoms with Crippen molar-refractivity contribution in [2.24, 2.45) is 16.1 Å². The number of guanidine groups is 1. The molecule has 76 valence electrons. The fourth-order valence-electron chi connectivity index (χ4n) is 1.88. The molecular weight excluding hydrogens is 162 g/mol. The Bertz CT molecular complexity index is 196. The summed E-state index contributed by atoms with van der Waals surface area (Å²) in [5, 5.41) is 0. The van der Waals surface area contributed by atoms with E-state index >= 15 is 0 Å².